The fraction of sp³-hybridized carbons (Fsp3) is 0.105. The molecule has 0 radical (unpaired) electrons. The first-order valence-electron chi connectivity index (χ1n) is 7.07. The summed E-state index contributed by atoms with van der Waals surface area (Å²) < 4.78 is 16.0. The number of hydrogen-bond acceptors (Lipinski definition) is 4. The minimum atomic E-state index is 0.530. The van der Waals surface area contributed by atoms with Crippen LogP contribution in [0.3, 0.4) is 0 Å². The van der Waals surface area contributed by atoms with Crippen molar-refractivity contribution in [3.05, 3.63) is 59.9 Å². The lowest BCUT2D eigenvalue weighted by molar-refractivity contribution is 0.355. The van der Waals surface area contributed by atoms with E-state index in [1.807, 2.05) is 42.5 Å². The second kappa shape index (κ2) is 6.29. The molecule has 0 aliphatic carbocycles. The molecular weight excluding hydrogens is 290 g/mol. The van der Waals surface area contributed by atoms with Crippen LogP contribution in [0.4, 0.5) is 0 Å². The van der Waals surface area contributed by atoms with Gasteiger partial charge in [0, 0.05) is 10.9 Å². The largest absolute Gasteiger partial charge is 0.493 e. The molecule has 0 aliphatic heterocycles. The number of fused-ring (bicyclic) bond motifs is 1. The van der Waals surface area contributed by atoms with Crippen LogP contribution in [0, 0.1) is 11.3 Å². The summed E-state index contributed by atoms with van der Waals surface area (Å²) in [4.78, 5) is 0. The summed E-state index contributed by atoms with van der Waals surface area (Å²) in [6.45, 7) is 0. The summed E-state index contributed by atoms with van der Waals surface area (Å²) in [5.41, 5.74) is 2.92. The van der Waals surface area contributed by atoms with E-state index in [2.05, 4.69) is 6.07 Å². The molecule has 1 aromatic heterocycles. The van der Waals surface area contributed by atoms with E-state index in [4.69, 9.17) is 13.9 Å². The molecule has 0 N–H and O–H groups in total. The van der Waals surface area contributed by atoms with Gasteiger partial charge in [0.15, 0.2) is 11.5 Å². The minimum absolute atomic E-state index is 0.530. The number of furan rings is 1. The number of ether oxygens (including phenoxy) is 2. The van der Waals surface area contributed by atoms with E-state index >= 15 is 0 Å². The molecule has 0 saturated heterocycles. The zero-order valence-electron chi connectivity index (χ0n) is 12.9. The number of allylic oxidation sites excluding steroid dienone is 1. The summed E-state index contributed by atoms with van der Waals surface area (Å²) in [6.07, 6.45) is 3.42. The van der Waals surface area contributed by atoms with Crippen molar-refractivity contribution in [3.8, 4) is 17.6 Å². The maximum absolute atomic E-state index is 9.53. The van der Waals surface area contributed by atoms with Gasteiger partial charge in [-0.15, -0.1) is 0 Å². The van der Waals surface area contributed by atoms with E-state index in [0.29, 0.717) is 17.1 Å². The molecule has 0 spiro atoms. The first kappa shape index (κ1) is 14.7. The van der Waals surface area contributed by atoms with E-state index in [9.17, 15) is 5.26 Å². The van der Waals surface area contributed by atoms with Crippen LogP contribution in [0.15, 0.2) is 53.1 Å². The third kappa shape index (κ3) is 2.77. The molecule has 0 atom stereocenters. The summed E-state index contributed by atoms with van der Waals surface area (Å²) in [5.74, 6) is 1.27. The van der Waals surface area contributed by atoms with Crippen molar-refractivity contribution >= 4 is 22.6 Å². The van der Waals surface area contributed by atoms with Crippen molar-refractivity contribution in [2.75, 3.05) is 14.2 Å². The topological polar surface area (TPSA) is 55.4 Å². The summed E-state index contributed by atoms with van der Waals surface area (Å²) in [7, 11) is 3.17. The number of methoxy groups -OCH3 is 2. The zero-order chi connectivity index (χ0) is 16.2. The Morgan fingerprint density at radius 3 is 2.61 bits per heavy atom. The van der Waals surface area contributed by atoms with Crippen molar-refractivity contribution < 1.29 is 13.9 Å². The monoisotopic (exact) mass is 305 g/mol. The van der Waals surface area contributed by atoms with Gasteiger partial charge >= 0.3 is 0 Å². The Morgan fingerprint density at radius 2 is 1.87 bits per heavy atom. The van der Waals surface area contributed by atoms with Gasteiger partial charge in [0.25, 0.3) is 0 Å². The summed E-state index contributed by atoms with van der Waals surface area (Å²) in [6, 6.07) is 15.4. The summed E-state index contributed by atoms with van der Waals surface area (Å²) in [5, 5.41) is 10.4. The lowest BCUT2D eigenvalue weighted by Crippen LogP contribution is -1.90. The highest BCUT2D eigenvalue weighted by molar-refractivity contribution is 6.00. The lowest BCUT2D eigenvalue weighted by Gasteiger charge is -2.08. The molecule has 0 amide bonds. The highest BCUT2D eigenvalue weighted by Gasteiger charge is 2.11. The van der Waals surface area contributed by atoms with E-state index in [-0.39, 0.29) is 0 Å². The van der Waals surface area contributed by atoms with Gasteiger partial charge < -0.3 is 13.9 Å². The smallest absolute Gasteiger partial charge is 0.161 e. The molecular formula is C19H15NO3. The molecule has 0 aliphatic rings. The Bertz CT molecular complexity index is 916. The fourth-order valence-electron chi connectivity index (χ4n) is 2.47. The molecule has 0 bridgehead atoms. The quantitative estimate of drug-likeness (QED) is 0.665. The normalized spacial score (nSPS) is 11.3. The van der Waals surface area contributed by atoms with Gasteiger partial charge in [-0.25, -0.2) is 0 Å². The minimum Gasteiger partial charge on any atom is -0.493 e. The van der Waals surface area contributed by atoms with E-state index < -0.39 is 0 Å². The van der Waals surface area contributed by atoms with Crippen LogP contribution in [-0.2, 0) is 0 Å². The maximum atomic E-state index is 9.53. The van der Waals surface area contributed by atoms with E-state index in [0.717, 1.165) is 22.1 Å². The maximum Gasteiger partial charge on any atom is 0.161 e. The number of nitrogens with zero attached hydrogens (tertiary/aromatic N) is 1. The standard InChI is InChI=1S/C19H15NO3/c1-21-18-8-7-13(10-19(18)22-2)9-14(11-20)16-12-23-17-6-4-3-5-15(16)17/h3-10,12H,1-2H3/b14-9+. The lowest BCUT2D eigenvalue weighted by atomic mass is 10.0. The average molecular weight is 305 g/mol. The molecule has 23 heavy (non-hydrogen) atoms. The number of para-hydroxylation sites is 1. The van der Waals surface area contributed by atoms with Crippen LogP contribution in [-0.4, -0.2) is 14.2 Å². The molecule has 2 aromatic carbocycles. The molecule has 3 aromatic rings. The van der Waals surface area contributed by atoms with Gasteiger partial charge in [-0.3, -0.25) is 0 Å². The molecule has 0 saturated carbocycles. The number of nitriles is 1. The molecule has 114 valence electrons. The van der Waals surface area contributed by atoms with Crippen LogP contribution in [0.1, 0.15) is 11.1 Å². The summed E-state index contributed by atoms with van der Waals surface area (Å²) >= 11 is 0. The molecule has 1 heterocycles. The van der Waals surface area contributed by atoms with Crippen molar-refractivity contribution in [2.24, 2.45) is 0 Å². The predicted octanol–water partition coefficient (Wildman–Crippen LogP) is 4.51. The van der Waals surface area contributed by atoms with Crippen molar-refractivity contribution in [2.45, 2.75) is 0 Å². The Kier molecular flexibility index (Phi) is 4.03. The average Bonchev–Trinajstić information content (AvgIpc) is 3.03. The second-order valence-electron chi connectivity index (χ2n) is 4.93. The number of benzene rings is 2. The number of hydrogen-bond donors (Lipinski definition) is 0. The van der Waals surface area contributed by atoms with Gasteiger partial charge in [-0.05, 0) is 29.8 Å². The van der Waals surface area contributed by atoms with Crippen LogP contribution in [0.2, 0.25) is 0 Å². The van der Waals surface area contributed by atoms with Crippen LogP contribution < -0.4 is 9.47 Å². The SMILES string of the molecule is COc1ccc(/C=C(\C#N)c2coc3ccccc23)cc1OC. The third-order valence-corrected chi connectivity index (χ3v) is 3.61. The Morgan fingerprint density at radius 1 is 1.09 bits per heavy atom. The van der Waals surface area contributed by atoms with Crippen LogP contribution >= 0.6 is 0 Å². The van der Waals surface area contributed by atoms with Crippen molar-refractivity contribution in [1.82, 2.24) is 0 Å². The van der Waals surface area contributed by atoms with Crippen molar-refractivity contribution in [3.63, 3.8) is 0 Å². The second-order valence-corrected chi connectivity index (χ2v) is 4.93. The molecule has 0 unspecified atom stereocenters. The number of rotatable bonds is 4. The zero-order valence-corrected chi connectivity index (χ0v) is 12.9. The molecule has 3 rings (SSSR count). The van der Waals surface area contributed by atoms with Gasteiger partial charge in [0.1, 0.15) is 11.8 Å². The Labute approximate surface area is 134 Å². The van der Waals surface area contributed by atoms with Crippen molar-refractivity contribution in [1.29, 1.82) is 5.26 Å². The van der Waals surface area contributed by atoms with Gasteiger partial charge in [0.05, 0.1) is 25.9 Å². The van der Waals surface area contributed by atoms with Gasteiger partial charge in [-0.2, -0.15) is 5.26 Å². The molecule has 0 fully saturated rings. The third-order valence-electron chi connectivity index (χ3n) is 3.61. The fourth-order valence-corrected chi connectivity index (χ4v) is 2.47. The van der Waals surface area contributed by atoms with Crippen LogP contribution in [0.5, 0.6) is 11.5 Å². The first-order chi connectivity index (χ1) is 11.3. The van der Waals surface area contributed by atoms with Gasteiger partial charge in [0.2, 0.25) is 0 Å². The Balaban J connectivity index is 2.08. The van der Waals surface area contributed by atoms with Crippen LogP contribution in [0.25, 0.3) is 22.6 Å². The predicted molar refractivity (Wildman–Crippen MR) is 89.2 cm³/mol. The van der Waals surface area contributed by atoms with E-state index in [1.165, 1.54) is 0 Å². The molecule has 4 nitrogen and oxygen atoms in total. The highest BCUT2D eigenvalue weighted by atomic mass is 16.5. The first-order valence-corrected chi connectivity index (χ1v) is 7.07. The highest BCUT2D eigenvalue weighted by Crippen LogP contribution is 2.31. The van der Waals surface area contributed by atoms with Gasteiger partial charge in [-0.1, -0.05) is 24.3 Å². The van der Waals surface area contributed by atoms with E-state index in [1.54, 1.807) is 26.6 Å². The Hall–Kier alpha value is -3.19. The molecule has 4 heteroatoms.